The smallest absolute Gasteiger partial charge is 0.154 e. The van der Waals surface area contributed by atoms with E-state index < -0.39 is 0 Å². The van der Waals surface area contributed by atoms with Gasteiger partial charge in [-0.1, -0.05) is 79.3 Å². The van der Waals surface area contributed by atoms with E-state index in [9.17, 15) is 0 Å². The fraction of sp³-hybridized carbons (Fsp3) is 0.235. The summed E-state index contributed by atoms with van der Waals surface area (Å²) in [6.07, 6.45) is 1.02. The van der Waals surface area contributed by atoms with Crippen molar-refractivity contribution < 1.29 is 0 Å². The highest BCUT2D eigenvalue weighted by Crippen LogP contribution is 2.35. The van der Waals surface area contributed by atoms with Gasteiger partial charge in [0, 0.05) is 6.54 Å². The zero-order valence-corrected chi connectivity index (χ0v) is 12.5. The molecule has 0 heterocycles. The van der Waals surface area contributed by atoms with E-state index in [0.29, 0.717) is 5.17 Å². The van der Waals surface area contributed by atoms with E-state index in [2.05, 4.69) is 60.4 Å². The van der Waals surface area contributed by atoms with Crippen molar-refractivity contribution in [1.82, 2.24) is 0 Å². The second-order valence-electron chi connectivity index (χ2n) is 4.54. The minimum Gasteiger partial charge on any atom is -0.379 e. The van der Waals surface area contributed by atoms with Gasteiger partial charge in [0.25, 0.3) is 0 Å². The minimum absolute atomic E-state index is 0.193. The van der Waals surface area contributed by atoms with Crippen LogP contribution in [0.1, 0.15) is 29.7 Å². The fourth-order valence-electron chi connectivity index (χ4n) is 1.96. The third kappa shape index (κ3) is 4.14. The van der Waals surface area contributed by atoms with Crippen LogP contribution >= 0.6 is 11.8 Å². The van der Waals surface area contributed by atoms with Crippen LogP contribution in [0.3, 0.4) is 0 Å². The van der Waals surface area contributed by atoms with Crippen molar-refractivity contribution in [3.05, 3.63) is 71.8 Å². The topological polar surface area (TPSA) is 38.4 Å². The Morgan fingerprint density at radius 3 is 1.95 bits per heavy atom. The Kier molecular flexibility index (Phi) is 5.69. The van der Waals surface area contributed by atoms with Crippen molar-refractivity contribution in [2.45, 2.75) is 18.6 Å². The largest absolute Gasteiger partial charge is 0.379 e. The molecule has 0 radical (unpaired) electrons. The standard InChI is InChI=1S/C17H20N2S/c1-2-13-19-17(18)20-16(14-9-5-3-6-10-14)15-11-7-4-8-12-15/h3-12,16H,2,13H2,1H3,(H2,18,19). The van der Waals surface area contributed by atoms with Crippen LogP contribution in [-0.2, 0) is 0 Å². The fourth-order valence-corrected chi connectivity index (χ4v) is 2.96. The first kappa shape index (κ1) is 14.7. The minimum atomic E-state index is 0.193. The predicted molar refractivity (Wildman–Crippen MR) is 89.1 cm³/mol. The van der Waals surface area contributed by atoms with Crippen molar-refractivity contribution in [2.75, 3.05) is 6.54 Å². The lowest BCUT2D eigenvalue weighted by Gasteiger charge is -2.17. The Bertz CT molecular complexity index is 498. The molecular weight excluding hydrogens is 264 g/mol. The molecule has 0 unspecified atom stereocenters. The van der Waals surface area contributed by atoms with Crippen LogP contribution in [0.5, 0.6) is 0 Å². The zero-order valence-electron chi connectivity index (χ0n) is 11.7. The summed E-state index contributed by atoms with van der Waals surface area (Å²) in [7, 11) is 0. The second kappa shape index (κ2) is 7.75. The molecule has 0 aliphatic heterocycles. The van der Waals surface area contributed by atoms with Crippen LogP contribution < -0.4 is 5.73 Å². The first-order valence-electron chi connectivity index (χ1n) is 6.87. The molecule has 0 aromatic heterocycles. The first-order valence-corrected chi connectivity index (χ1v) is 7.75. The highest BCUT2D eigenvalue weighted by Gasteiger charge is 2.16. The van der Waals surface area contributed by atoms with Gasteiger partial charge in [0.2, 0.25) is 0 Å². The molecule has 2 aromatic carbocycles. The summed E-state index contributed by atoms with van der Waals surface area (Å²) in [5.41, 5.74) is 8.55. The zero-order chi connectivity index (χ0) is 14.2. The van der Waals surface area contributed by atoms with Gasteiger partial charge in [0.05, 0.1) is 5.25 Å². The Labute approximate surface area is 125 Å². The SMILES string of the molecule is CCCN=C(N)SC(c1ccccc1)c1ccccc1. The summed E-state index contributed by atoms with van der Waals surface area (Å²) in [5, 5.41) is 0.850. The molecule has 0 aliphatic rings. The van der Waals surface area contributed by atoms with Gasteiger partial charge in [0.1, 0.15) is 0 Å². The summed E-state index contributed by atoms with van der Waals surface area (Å²) >= 11 is 1.62. The van der Waals surface area contributed by atoms with Crippen LogP contribution in [0, 0.1) is 0 Å². The van der Waals surface area contributed by atoms with Crippen LogP contribution in [0.15, 0.2) is 65.7 Å². The number of hydrogen-bond acceptors (Lipinski definition) is 2. The number of benzene rings is 2. The quantitative estimate of drug-likeness (QED) is 0.659. The number of hydrogen-bond donors (Lipinski definition) is 1. The van der Waals surface area contributed by atoms with E-state index in [1.54, 1.807) is 11.8 Å². The third-order valence-corrected chi connectivity index (χ3v) is 4.09. The molecule has 3 heteroatoms. The summed E-state index contributed by atoms with van der Waals surface area (Å²) in [5.74, 6) is 0. The van der Waals surface area contributed by atoms with Gasteiger partial charge in [-0.05, 0) is 17.5 Å². The summed E-state index contributed by atoms with van der Waals surface area (Å²) in [4.78, 5) is 4.39. The maximum atomic E-state index is 6.05. The molecule has 2 nitrogen and oxygen atoms in total. The third-order valence-electron chi connectivity index (χ3n) is 2.93. The van der Waals surface area contributed by atoms with E-state index >= 15 is 0 Å². The lowest BCUT2D eigenvalue weighted by atomic mass is 10.0. The number of nitrogens with zero attached hydrogens (tertiary/aromatic N) is 1. The number of aliphatic imine (C=N–C) groups is 1. The van der Waals surface area contributed by atoms with E-state index in [1.165, 1.54) is 11.1 Å². The van der Waals surface area contributed by atoms with Gasteiger partial charge in [-0.3, -0.25) is 4.99 Å². The van der Waals surface area contributed by atoms with Crippen molar-refractivity contribution in [3.63, 3.8) is 0 Å². The molecule has 20 heavy (non-hydrogen) atoms. The number of rotatable bonds is 5. The first-order chi connectivity index (χ1) is 9.81. The Balaban J connectivity index is 2.26. The lowest BCUT2D eigenvalue weighted by molar-refractivity contribution is 0.933. The van der Waals surface area contributed by atoms with Crippen molar-refractivity contribution in [1.29, 1.82) is 0 Å². The Hall–Kier alpha value is -1.74. The number of amidine groups is 1. The predicted octanol–water partition coefficient (Wildman–Crippen LogP) is 4.23. The van der Waals surface area contributed by atoms with Crippen LogP contribution in [0.2, 0.25) is 0 Å². The summed E-state index contributed by atoms with van der Waals surface area (Å²) in [6.45, 7) is 2.89. The molecule has 0 saturated heterocycles. The maximum Gasteiger partial charge on any atom is 0.154 e. The average molecular weight is 284 g/mol. The molecule has 2 aromatic rings. The van der Waals surface area contributed by atoms with E-state index in [1.807, 2.05) is 12.1 Å². The molecular formula is C17H20N2S. The Morgan fingerprint density at radius 1 is 1.00 bits per heavy atom. The maximum absolute atomic E-state index is 6.05. The van der Waals surface area contributed by atoms with Crippen LogP contribution in [0.4, 0.5) is 0 Å². The van der Waals surface area contributed by atoms with Crippen molar-refractivity contribution >= 4 is 16.9 Å². The molecule has 0 bridgehead atoms. The van der Waals surface area contributed by atoms with Crippen LogP contribution in [-0.4, -0.2) is 11.7 Å². The highest BCUT2D eigenvalue weighted by molar-refractivity contribution is 8.14. The van der Waals surface area contributed by atoms with Gasteiger partial charge < -0.3 is 5.73 Å². The monoisotopic (exact) mass is 284 g/mol. The average Bonchev–Trinajstić information content (AvgIpc) is 2.52. The van der Waals surface area contributed by atoms with Crippen molar-refractivity contribution in [3.8, 4) is 0 Å². The highest BCUT2D eigenvalue weighted by atomic mass is 32.2. The molecule has 0 saturated carbocycles. The van der Waals surface area contributed by atoms with E-state index in [-0.39, 0.29) is 5.25 Å². The van der Waals surface area contributed by atoms with Crippen molar-refractivity contribution in [2.24, 2.45) is 10.7 Å². The Morgan fingerprint density at radius 2 is 1.50 bits per heavy atom. The normalized spacial score (nSPS) is 11.8. The molecule has 0 atom stereocenters. The molecule has 2 rings (SSSR count). The van der Waals surface area contributed by atoms with Gasteiger partial charge >= 0.3 is 0 Å². The second-order valence-corrected chi connectivity index (χ2v) is 5.66. The van der Waals surface area contributed by atoms with Gasteiger partial charge in [-0.25, -0.2) is 0 Å². The molecule has 0 aliphatic carbocycles. The molecule has 0 fully saturated rings. The number of nitrogens with two attached hydrogens (primary N) is 1. The molecule has 2 N–H and O–H groups in total. The summed E-state index contributed by atoms with van der Waals surface area (Å²) < 4.78 is 0. The van der Waals surface area contributed by atoms with E-state index in [0.717, 1.165) is 13.0 Å². The van der Waals surface area contributed by atoms with Gasteiger partial charge in [-0.15, -0.1) is 0 Å². The van der Waals surface area contributed by atoms with Gasteiger partial charge in [-0.2, -0.15) is 0 Å². The van der Waals surface area contributed by atoms with E-state index in [4.69, 9.17) is 5.73 Å². The molecule has 104 valence electrons. The summed E-state index contributed by atoms with van der Waals surface area (Å²) in [6, 6.07) is 20.9. The number of thioether (sulfide) groups is 1. The lowest BCUT2D eigenvalue weighted by Crippen LogP contribution is -2.11. The molecule has 0 spiro atoms. The van der Waals surface area contributed by atoms with Gasteiger partial charge in [0.15, 0.2) is 5.17 Å². The molecule has 0 amide bonds. The van der Waals surface area contributed by atoms with Crippen LogP contribution in [0.25, 0.3) is 0 Å².